The lowest BCUT2D eigenvalue weighted by Crippen LogP contribution is -2.46. The standard InChI is InChI=1S/C19H28Cl2O4/c20-16(21)12-25-18(23)3-1-2-17(22)24-5-4-19-9-13-6-14(10-19)8-15(7-13)11-19/h13-16H,1-12H2. The Labute approximate surface area is 159 Å². The molecule has 0 atom stereocenters. The molecule has 4 aliphatic carbocycles. The van der Waals surface area contributed by atoms with Gasteiger partial charge in [-0.25, -0.2) is 0 Å². The minimum absolute atomic E-state index is 0.0164. The van der Waals surface area contributed by atoms with E-state index in [9.17, 15) is 9.59 Å². The number of ether oxygens (including phenoxy) is 2. The molecule has 0 aromatic heterocycles. The summed E-state index contributed by atoms with van der Waals surface area (Å²) in [4.78, 5) is 22.6. The number of esters is 2. The molecule has 4 nitrogen and oxygen atoms in total. The van der Waals surface area contributed by atoms with Crippen LogP contribution in [-0.2, 0) is 19.1 Å². The lowest BCUT2D eigenvalue weighted by atomic mass is 9.49. The number of carbonyl (C=O) groups is 2. The number of rotatable bonds is 9. The third-order valence-corrected chi connectivity index (χ3v) is 6.44. The normalized spacial score (nSPS) is 32.8. The fourth-order valence-electron chi connectivity index (χ4n) is 5.65. The summed E-state index contributed by atoms with van der Waals surface area (Å²) in [5.74, 6) is 2.17. The molecular weight excluding hydrogens is 363 g/mol. The molecule has 0 aromatic carbocycles. The first kappa shape index (κ1) is 19.3. The number of carbonyl (C=O) groups excluding carboxylic acids is 2. The first-order chi connectivity index (χ1) is 11.9. The Morgan fingerprint density at radius 1 is 0.920 bits per heavy atom. The predicted molar refractivity (Wildman–Crippen MR) is 96.5 cm³/mol. The van der Waals surface area contributed by atoms with Crippen LogP contribution in [0.4, 0.5) is 0 Å². The first-order valence-electron chi connectivity index (χ1n) is 9.53. The van der Waals surface area contributed by atoms with Gasteiger partial charge < -0.3 is 9.47 Å². The van der Waals surface area contributed by atoms with Crippen LogP contribution in [0.25, 0.3) is 0 Å². The van der Waals surface area contributed by atoms with Crippen molar-refractivity contribution in [2.45, 2.75) is 69.0 Å². The van der Waals surface area contributed by atoms with Crippen LogP contribution in [0.1, 0.15) is 64.2 Å². The van der Waals surface area contributed by atoms with Crippen LogP contribution < -0.4 is 0 Å². The summed E-state index contributed by atoms with van der Waals surface area (Å²) < 4.78 is 10.3. The molecule has 0 aromatic rings. The number of alkyl halides is 2. The molecule has 0 spiro atoms. The molecule has 0 saturated heterocycles. The summed E-state index contributed by atoms with van der Waals surface area (Å²) in [6.07, 6.45) is 10.2. The second-order valence-corrected chi connectivity index (χ2v) is 9.59. The molecule has 0 unspecified atom stereocenters. The summed E-state index contributed by atoms with van der Waals surface area (Å²) in [6, 6.07) is 0. The summed E-state index contributed by atoms with van der Waals surface area (Å²) in [5, 5.41) is 0. The number of hydrogen-bond donors (Lipinski definition) is 0. The summed E-state index contributed by atoms with van der Waals surface area (Å²) >= 11 is 11.0. The maximum absolute atomic E-state index is 11.9. The molecule has 25 heavy (non-hydrogen) atoms. The van der Waals surface area contributed by atoms with Crippen LogP contribution >= 0.6 is 23.2 Å². The Morgan fingerprint density at radius 3 is 1.96 bits per heavy atom. The van der Waals surface area contributed by atoms with E-state index < -0.39 is 4.84 Å². The van der Waals surface area contributed by atoms with E-state index in [1.807, 2.05) is 0 Å². The lowest BCUT2D eigenvalue weighted by Gasteiger charge is -2.57. The summed E-state index contributed by atoms with van der Waals surface area (Å²) in [6.45, 7) is 0.507. The minimum atomic E-state index is -0.710. The van der Waals surface area contributed by atoms with Crippen LogP contribution in [0.5, 0.6) is 0 Å². The highest BCUT2D eigenvalue weighted by Crippen LogP contribution is 2.61. The number of hydrogen-bond acceptors (Lipinski definition) is 4. The van der Waals surface area contributed by atoms with E-state index in [0.29, 0.717) is 18.4 Å². The van der Waals surface area contributed by atoms with Crippen LogP contribution in [0.3, 0.4) is 0 Å². The Bertz CT molecular complexity index is 457. The molecule has 0 radical (unpaired) electrons. The largest absolute Gasteiger partial charge is 0.466 e. The fourth-order valence-corrected chi connectivity index (χ4v) is 5.78. The van der Waals surface area contributed by atoms with Gasteiger partial charge in [-0.15, -0.1) is 23.2 Å². The van der Waals surface area contributed by atoms with Gasteiger partial charge in [0.2, 0.25) is 0 Å². The van der Waals surface area contributed by atoms with Crippen molar-refractivity contribution in [3.8, 4) is 0 Å². The van der Waals surface area contributed by atoms with E-state index in [1.54, 1.807) is 0 Å². The third-order valence-electron chi connectivity index (χ3n) is 6.19. The summed E-state index contributed by atoms with van der Waals surface area (Å²) in [5.41, 5.74) is 0.443. The summed E-state index contributed by atoms with van der Waals surface area (Å²) in [7, 11) is 0. The van der Waals surface area contributed by atoms with E-state index in [-0.39, 0.29) is 31.4 Å². The molecule has 4 aliphatic rings. The maximum Gasteiger partial charge on any atom is 0.305 e. The SMILES string of the molecule is O=C(CCCC(=O)OCC(Cl)Cl)OCCC12CC3CC(CC(C3)C1)C2. The van der Waals surface area contributed by atoms with Crippen LogP contribution in [0, 0.1) is 23.2 Å². The minimum Gasteiger partial charge on any atom is -0.466 e. The molecule has 0 N–H and O–H groups in total. The van der Waals surface area contributed by atoms with Gasteiger partial charge in [0.1, 0.15) is 11.4 Å². The zero-order valence-electron chi connectivity index (χ0n) is 14.7. The predicted octanol–water partition coefficient (Wildman–Crippen LogP) is 4.65. The van der Waals surface area contributed by atoms with Crippen molar-refractivity contribution in [2.24, 2.45) is 23.2 Å². The molecule has 0 heterocycles. The molecule has 4 bridgehead atoms. The van der Waals surface area contributed by atoms with Crippen molar-refractivity contribution >= 4 is 35.1 Å². The van der Waals surface area contributed by atoms with E-state index in [1.165, 1.54) is 38.5 Å². The smallest absolute Gasteiger partial charge is 0.305 e. The lowest BCUT2D eigenvalue weighted by molar-refractivity contribution is -0.147. The van der Waals surface area contributed by atoms with Crippen LogP contribution in [0.2, 0.25) is 0 Å². The molecule has 4 rings (SSSR count). The van der Waals surface area contributed by atoms with Gasteiger partial charge in [0, 0.05) is 12.8 Å². The van der Waals surface area contributed by atoms with Gasteiger partial charge in [-0.3, -0.25) is 9.59 Å². The zero-order chi connectivity index (χ0) is 17.9. The van der Waals surface area contributed by atoms with Gasteiger partial charge >= 0.3 is 11.9 Å². The zero-order valence-corrected chi connectivity index (χ0v) is 16.2. The van der Waals surface area contributed by atoms with Crippen molar-refractivity contribution in [1.82, 2.24) is 0 Å². The van der Waals surface area contributed by atoms with Crippen molar-refractivity contribution in [3.05, 3.63) is 0 Å². The topological polar surface area (TPSA) is 52.6 Å². The Hall–Kier alpha value is -0.480. The fraction of sp³-hybridized carbons (Fsp3) is 0.895. The Balaban J connectivity index is 1.29. The van der Waals surface area contributed by atoms with Gasteiger partial charge in [0.15, 0.2) is 0 Å². The highest BCUT2D eigenvalue weighted by molar-refractivity contribution is 6.44. The van der Waals surface area contributed by atoms with Gasteiger partial charge in [0.05, 0.1) is 6.61 Å². The molecule has 0 aliphatic heterocycles. The van der Waals surface area contributed by atoms with E-state index >= 15 is 0 Å². The van der Waals surface area contributed by atoms with Gasteiger partial charge in [-0.1, -0.05) is 0 Å². The van der Waals surface area contributed by atoms with Crippen molar-refractivity contribution in [3.63, 3.8) is 0 Å². The second kappa shape index (κ2) is 8.47. The monoisotopic (exact) mass is 390 g/mol. The highest BCUT2D eigenvalue weighted by atomic mass is 35.5. The van der Waals surface area contributed by atoms with E-state index in [2.05, 4.69) is 0 Å². The quantitative estimate of drug-likeness (QED) is 0.424. The molecule has 6 heteroatoms. The second-order valence-electron chi connectivity index (χ2n) is 8.32. The average Bonchev–Trinajstić information content (AvgIpc) is 2.51. The maximum atomic E-state index is 11.9. The first-order valence-corrected chi connectivity index (χ1v) is 10.4. The molecular formula is C19H28Cl2O4. The highest BCUT2D eigenvalue weighted by Gasteiger charge is 2.50. The number of halogens is 2. The van der Waals surface area contributed by atoms with Crippen LogP contribution in [0.15, 0.2) is 0 Å². The van der Waals surface area contributed by atoms with Crippen LogP contribution in [-0.4, -0.2) is 30.0 Å². The van der Waals surface area contributed by atoms with Crippen molar-refractivity contribution in [2.75, 3.05) is 13.2 Å². The average molecular weight is 391 g/mol. The molecule has 0 amide bonds. The molecule has 4 fully saturated rings. The van der Waals surface area contributed by atoms with Gasteiger partial charge in [-0.2, -0.15) is 0 Å². The molecule has 142 valence electrons. The van der Waals surface area contributed by atoms with E-state index in [4.69, 9.17) is 32.7 Å². The molecule has 4 saturated carbocycles. The van der Waals surface area contributed by atoms with Crippen molar-refractivity contribution in [1.29, 1.82) is 0 Å². The van der Waals surface area contributed by atoms with Gasteiger partial charge in [-0.05, 0) is 74.5 Å². The van der Waals surface area contributed by atoms with Crippen molar-refractivity contribution < 1.29 is 19.1 Å². The van der Waals surface area contributed by atoms with Gasteiger partial charge in [0.25, 0.3) is 0 Å². The Kier molecular flexibility index (Phi) is 6.54. The third kappa shape index (κ3) is 5.50. The van der Waals surface area contributed by atoms with E-state index in [0.717, 1.165) is 24.2 Å². The Morgan fingerprint density at radius 2 is 1.44 bits per heavy atom.